The summed E-state index contributed by atoms with van der Waals surface area (Å²) in [4.78, 5) is 2.72. The first-order chi connectivity index (χ1) is 7.19. The van der Waals surface area contributed by atoms with Crippen LogP contribution in [0.1, 0.15) is 43.0 Å². The molecule has 1 rings (SSSR count). The summed E-state index contributed by atoms with van der Waals surface area (Å²) in [6, 6.07) is 2.25. The second-order valence-corrected chi connectivity index (χ2v) is 4.33. The fraction of sp³-hybridized carbons (Fsp3) is 0.429. The van der Waals surface area contributed by atoms with Crippen LogP contribution in [0.3, 0.4) is 0 Å². The molecule has 1 heterocycles. The van der Waals surface area contributed by atoms with Crippen molar-refractivity contribution in [2.24, 2.45) is 0 Å². The zero-order chi connectivity index (χ0) is 11.8. The predicted octanol–water partition coefficient (Wildman–Crippen LogP) is 5.23. The third kappa shape index (κ3) is 4.05. The molecule has 0 fully saturated rings. The SMILES string of the molecule is C=C(/C=C\C)c1cc(CC)c(C)s1.CC. The number of allylic oxidation sites excluding steroid dienone is 3. The molecule has 0 aromatic carbocycles. The van der Waals surface area contributed by atoms with Gasteiger partial charge in [0, 0.05) is 9.75 Å². The second-order valence-electron chi connectivity index (χ2n) is 3.07. The highest BCUT2D eigenvalue weighted by Gasteiger charge is 2.04. The minimum Gasteiger partial charge on any atom is -0.140 e. The Balaban J connectivity index is 0.000000921. The van der Waals surface area contributed by atoms with E-state index in [1.165, 1.54) is 15.3 Å². The first-order valence-corrected chi connectivity index (χ1v) is 6.42. The standard InChI is InChI=1S/C12H16S.C2H6/c1-5-7-9(3)12-8-11(6-2)10(4)13-12;1-2/h5,7-8H,3,6H2,1-2,4H3;1-2H3/b7-5-;. The Hall–Kier alpha value is -0.820. The van der Waals surface area contributed by atoms with Crippen LogP contribution in [0.5, 0.6) is 0 Å². The highest BCUT2D eigenvalue weighted by molar-refractivity contribution is 7.13. The number of thiophene rings is 1. The largest absolute Gasteiger partial charge is 0.140 e. The molecule has 0 saturated carbocycles. The minimum absolute atomic E-state index is 1.12. The molecule has 1 aromatic rings. The Morgan fingerprint density at radius 2 is 2.07 bits per heavy atom. The topological polar surface area (TPSA) is 0 Å². The molecule has 0 amide bonds. The van der Waals surface area contributed by atoms with Gasteiger partial charge in [-0.3, -0.25) is 0 Å². The van der Waals surface area contributed by atoms with Gasteiger partial charge in [-0.2, -0.15) is 0 Å². The monoisotopic (exact) mass is 222 g/mol. The lowest BCUT2D eigenvalue weighted by Gasteiger charge is -1.91. The van der Waals surface area contributed by atoms with E-state index in [2.05, 4.69) is 32.6 Å². The molecule has 1 aromatic heterocycles. The Bertz CT molecular complexity index is 329. The van der Waals surface area contributed by atoms with Gasteiger partial charge in [-0.1, -0.05) is 39.5 Å². The molecule has 0 radical (unpaired) electrons. The van der Waals surface area contributed by atoms with E-state index in [4.69, 9.17) is 0 Å². The van der Waals surface area contributed by atoms with Gasteiger partial charge in [-0.25, -0.2) is 0 Å². The van der Waals surface area contributed by atoms with Crippen LogP contribution >= 0.6 is 11.3 Å². The lowest BCUT2D eigenvalue weighted by molar-refractivity contribution is 1.13. The number of hydrogen-bond acceptors (Lipinski definition) is 1. The Morgan fingerprint density at radius 1 is 1.47 bits per heavy atom. The fourth-order valence-corrected chi connectivity index (χ4v) is 2.38. The summed E-state index contributed by atoms with van der Waals surface area (Å²) >= 11 is 1.84. The Labute approximate surface area is 98.3 Å². The molecule has 1 heteroatoms. The molecule has 0 spiro atoms. The third-order valence-electron chi connectivity index (χ3n) is 2.09. The molecule has 0 saturated heterocycles. The molecular formula is C14H22S. The summed E-state index contributed by atoms with van der Waals surface area (Å²) in [5, 5.41) is 0. The van der Waals surface area contributed by atoms with Gasteiger partial charge in [0.1, 0.15) is 0 Å². The quantitative estimate of drug-likeness (QED) is 0.614. The molecule has 0 aliphatic carbocycles. The van der Waals surface area contributed by atoms with E-state index >= 15 is 0 Å². The summed E-state index contributed by atoms with van der Waals surface area (Å²) in [6.07, 6.45) is 5.21. The highest BCUT2D eigenvalue weighted by Crippen LogP contribution is 2.27. The van der Waals surface area contributed by atoms with E-state index < -0.39 is 0 Å². The summed E-state index contributed by atoms with van der Waals surface area (Å²) in [6.45, 7) is 14.4. The zero-order valence-corrected chi connectivity index (χ0v) is 11.4. The normalized spacial score (nSPS) is 9.93. The van der Waals surface area contributed by atoms with Crippen LogP contribution in [-0.4, -0.2) is 0 Å². The second kappa shape index (κ2) is 7.47. The van der Waals surface area contributed by atoms with Crippen LogP contribution < -0.4 is 0 Å². The Kier molecular flexibility index (Phi) is 7.06. The van der Waals surface area contributed by atoms with Gasteiger partial charge in [-0.05, 0) is 37.5 Å². The Morgan fingerprint density at radius 3 is 2.47 bits per heavy atom. The molecule has 15 heavy (non-hydrogen) atoms. The third-order valence-corrected chi connectivity index (χ3v) is 3.25. The van der Waals surface area contributed by atoms with Gasteiger partial charge >= 0.3 is 0 Å². The molecule has 0 N–H and O–H groups in total. The molecule has 0 nitrogen and oxygen atoms in total. The van der Waals surface area contributed by atoms with Gasteiger partial charge in [0.25, 0.3) is 0 Å². The maximum Gasteiger partial charge on any atom is 0.0342 e. The van der Waals surface area contributed by atoms with E-state index in [1.54, 1.807) is 0 Å². The minimum atomic E-state index is 1.12. The summed E-state index contributed by atoms with van der Waals surface area (Å²) in [7, 11) is 0. The van der Waals surface area contributed by atoms with Crippen molar-refractivity contribution < 1.29 is 0 Å². The molecule has 0 bridgehead atoms. The van der Waals surface area contributed by atoms with Gasteiger partial charge < -0.3 is 0 Å². The molecule has 0 atom stereocenters. The van der Waals surface area contributed by atoms with Gasteiger partial charge in [-0.15, -0.1) is 11.3 Å². The lowest BCUT2D eigenvalue weighted by Crippen LogP contribution is -1.75. The van der Waals surface area contributed by atoms with Gasteiger partial charge in [0.2, 0.25) is 0 Å². The first-order valence-electron chi connectivity index (χ1n) is 5.60. The molecule has 84 valence electrons. The van der Waals surface area contributed by atoms with Crippen LogP contribution in [0.2, 0.25) is 0 Å². The fourth-order valence-electron chi connectivity index (χ4n) is 1.31. The van der Waals surface area contributed by atoms with E-state index in [-0.39, 0.29) is 0 Å². The van der Waals surface area contributed by atoms with E-state index in [1.807, 2.05) is 38.2 Å². The molecule has 0 unspecified atom stereocenters. The lowest BCUT2D eigenvalue weighted by atomic mass is 10.1. The van der Waals surface area contributed by atoms with Crippen molar-refractivity contribution in [2.75, 3.05) is 0 Å². The molecular weight excluding hydrogens is 200 g/mol. The predicted molar refractivity (Wildman–Crippen MR) is 73.6 cm³/mol. The van der Waals surface area contributed by atoms with E-state index in [0.29, 0.717) is 0 Å². The van der Waals surface area contributed by atoms with Crippen molar-refractivity contribution in [1.29, 1.82) is 0 Å². The molecule has 0 aliphatic rings. The molecule has 0 aliphatic heterocycles. The summed E-state index contributed by atoms with van der Waals surface area (Å²) in [5.74, 6) is 0. The number of rotatable bonds is 3. The van der Waals surface area contributed by atoms with Crippen LogP contribution in [0.4, 0.5) is 0 Å². The van der Waals surface area contributed by atoms with Crippen LogP contribution in [0.15, 0.2) is 24.8 Å². The maximum atomic E-state index is 4.03. The van der Waals surface area contributed by atoms with Crippen molar-refractivity contribution >= 4 is 16.9 Å². The average molecular weight is 222 g/mol. The first kappa shape index (κ1) is 14.2. The van der Waals surface area contributed by atoms with E-state index in [0.717, 1.165) is 12.0 Å². The van der Waals surface area contributed by atoms with Crippen molar-refractivity contribution in [1.82, 2.24) is 0 Å². The van der Waals surface area contributed by atoms with Crippen LogP contribution in [0, 0.1) is 6.92 Å². The summed E-state index contributed by atoms with van der Waals surface area (Å²) in [5.41, 5.74) is 2.57. The van der Waals surface area contributed by atoms with Gasteiger partial charge in [0.15, 0.2) is 0 Å². The van der Waals surface area contributed by atoms with E-state index in [9.17, 15) is 0 Å². The van der Waals surface area contributed by atoms with Gasteiger partial charge in [0.05, 0.1) is 0 Å². The highest BCUT2D eigenvalue weighted by atomic mass is 32.1. The van der Waals surface area contributed by atoms with Crippen molar-refractivity contribution in [3.05, 3.63) is 40.1 Å². The van der Waals surface area contributed by atoms with Crippen LogP contribution in [0.25, 0.3) is 5.57 Å². The van der Waals surface area contributed by atoms with Crippen molar-refractivity contribution in [3.8, 4) is 0 Å². The number of hydrogen-bond donors (Lipinski definition) is 0. The maximum absolute atomic E-state index is 4.03. The zero-order valence-electron chi connectivity index (χ0n) is 10.6. The smallest absolute Gasteiger partial charge is 0.0342 e. The summed E-state index contributed by atoms with van der Waals surface area (Å²) < 4.78 is 0. The van der Waals surface area contributed by atoms with Crippen LogP contribution in [-0.2, 0) is 6.42 Å². The average Bonchev–Trinajstić information content (AvgIpc) is 2.63. The van der Waals surface area contributed by atoms with Crippen molar-refractivity contribution in [3.63, 3.8) is 0 Å². The number of aryl methyl sites for hydroxylation is 2. The van der Waals surface area contributed by atoms with Crippen molar-refractivity contribution in [2.45, 2.75) is 41.0 Å².